The summed E-state index contributed by atoms with van der Waals surface area (Å²) in [5.74, 6) is 0.478. The zero-order valence-corrected chi connectivity index (χ0v) is 14.7. The Bertz CT molecular complexity index is 512. The molecule has 1 atom stereocenters. The fourth-order valence-corrected chi connectivity index (χ4v) is 3.35. The van der Waals surface area contributed by atoms with Crippen LogP contribution in [0.4, 0.5) is 0 Å². The normalized spacial score (nSPS) is 12.7. The summed E-state index contributed by atoms with van der Waals surface area (Å²) >= 11 is 0. The summed E-state index contributed by atoms with van der Waals surface area (Å²) in [4.78, 5) is -0.0259. The van der Waals surface area contributed by atoms with Crippen LogP contribution >= 0.6 is 0 Å². The van der Waals surface area contributed by atoms with E-state index in [0.29, 0.717) is 5.92 Å². The molecular formula is C18H31NaO3S. The van der Waals surface area contributed by atoms with Crippen LogP contribution in [0.5, 0.6) is 0 Å². The molecule has 0 spiro atoms. The molecule has 5 heteroatoms. The van der Waals surface area contributed by atoms with E-state index in [4.69, 9.17) is 4.55 Å². The molecule has 1 unspecified atom stereocenters. The first-order chi connectivity index (χ1) is 10.5. The molecule has 0 heterocycles. The molecule has 0 radical (unpaired) electrons. The van der Waals surface area contributed by atoms with Gasteiger partial charge in [0.2, 0.25) is 0 Å². The summed E-state index contributed by atoms with van der Waals surface area (Å²) in [5, 5.41) is 0. The van der Waals surface area contributed by atoms with Crippen molar-refractivity contribution < 1.29 is 13.0 Å². The molecule has 0 saturated heterocycles. The first-order valence-corrected chi connectivity index (χ1v) is 10.0. The van der Waals surface area contributed by atoms with Crippen molar-refractivity contribution in [1.82, 2.24) is 0 Å². The van der Waals surface area contributed by atoms with E-state index in [2.05, 4.69) is 13.8 Å². The summed E-state index contributed by atoms with van der Waals surface area (Å²) in [7, 11) is -4.08. The molecule has 1 rings (SSSR count). The van der Waals surface area contributed by atoms with E-state index in [0.717, 1.165) is 12.8 Å². The third kappa shape index (κ3) is 9.25. The summed E-state index contributed by atoms with van der Waals surface area (Å²) in [6, 6.07) is 6.66. The second-order valence-electron chi connectivity index (χ2n) is 6.06. The molecule has 0 fully saturated rings. The Balaban J connectivity index is 0.00000484. The van der Waals surface area contributed by atoms with E-state index >= 15 is 0 Å². The van der Waals surface area contributed by atoms with Crippen LogP contribution in [0, 0.1) is 0 Å². The SMILES string of the molecule is CCCCCCCCCC(CC)c1ccc(S(=O)(=O)O)cc1.[NaH]. The second-order valence-corrected chi connectivity index (χ2v) is 7.48. The van der Waals surface area contributed by atoms with Gasteiger partial charge < -0.3 is 0 Å². The number of unbranched alkanes of at least 4 members (excludes halogenated alkanes) is 6. The molecule has 23 heavy (non-hydrogen) atoms. The molecule has 0 aliphatic heterocycles. The van der Waals surface area contributed by atoms with Crippen LogP contribution in [0.15, 0.2) is 29.2 Å². The Labute approximate surface area is 164 Å². The summed E-state index contributed by atoms with van der Waals surface area (Å²) in [6.45, 7) is 4.40. The predicted octanol–water partition coefficient (Wildman–Crippen LogP) is 4.92. The van der Waals surface area contributed by atoms with Crippen molar-refractivity contribution in [3.05, 3.63) is 29.8 Å². The van der Waals surface area contributed by atoms with Gasteiger partial charge in [-0.15, -0.1) is 0 Å². The average molecular weight is 351 g/mol. The van der Waals surface area contributed by atoms with Gasteiger partial charge >= 0.3 is 29.6 Å². The van der Waals surface area contributed by atoms with Crippen molar-refractivity contribution in [2.75, 3.05) is 0 Å². The minimum absolute atomic E-state index is 0. The first kappa shape index (κ1) is 23.1. The van der Waals surface area contributed by atoms with Gasteiger partial charge in [0.25, 0.3) is 10.1 Å². The van der Waals surface area contributed by atoms with Crippen LogP contribution < -0.4 is 0 Å². The molecule has 0 aliphatic carbocycles. The number of hydrogen-bond donors (Lipinski definition) is 1. The van der Waals surface area contributed by atoms with Crippen LogP contribution in [-0.2, 0) is 10.1 Å². The van der Waals surface area contributed by atoms with Gasteiger partial charge in [-0.2, -0.15) is 8.42 Å². The predicted molar refractivity (Wildman–Crippen MR) is 99.0 cm³/mol. The molecule has 0 amide bonds. The monoisotopic (exact) mass is 350 g/mol. The Morgan fingerprint density at radius 1 is 0.913 bits per heavy atom. The zero-order chi connectivity index (χ0) is 16.4. The summed E-state index contributed by atoms with van der Waals surface area (Å²) in [6.07, 6.45) is 11.4. The molecule has 1 aromatic rings. The minimum atomic E-state index is -4.08. The Morgan fingerprint density at radius 3 is 1.91 bits per heavy atom. The van der Waals surface area contributed by atoms with Gasteiger partial charge in [0.05, 0.1) is 4.90 Å². The van der Waals surface area contributed by atoms with E-state index < -0.39 is 10.1 Å². The Morgan fingerprint density at radius 2 is 1.43 bits per heavy atom. The van der Waals surface area contributed by atoms with E-state index in [1.54, 1.807) is 0 Å². The van der Waals surface area contributed by atoms with Crippen molar-refractivity contribution in [3.8, 4) is 0 Å². The van der Waals surface area contributed by atoms with Crippen molar-refractivity contribution >= 4 is 39.7 Å². The first-order valence-electron chi connectivity index (χ1n) is 8.56. The third-order valence-electron chi connectivity index (χ3n) is 4.30. The third-order valence-corrected chi connectivity index (χ3v) is 5.17. The van der Waals surface area contributed by atoms with Crippen molar-refractivity contribution in [3.63, 3.8) is 0 Å². The maximum atomic E-state index is 11.1. The van der Waals surface area contributed by atoms with E-state index in [1.165, 1.54) is 62.6 Å². The van der Waals surface area contributed by atoms with Crippen molar-refractivity contribution in [1.29, 1.82) is 0 Å². The summed E-state index contributed by atoms with van der Waals surface area (Å²) in [5.41, 5.74) is 1.17. The molecular weight excluding hydrogens is 319 g/mol. The number of hydrogen-bond acceptors (Lipinski definition) is 2. The Kier molecular flexibility index (Phi) is 12.6. The number of rotatable bonds is 11. The fraction of sp³-hybridized carbons (Fsp3) is 0.667. The second kappa shape index (κ2) is 12.5. The van der Waals surface area contributed by atoms with Gasteiger partial charge in [0, 0.05) is 0 Å². The maximum absolute atomic E-state index is 11.1. The fourth-order valence-electron chi connectivity index (χ4n) is 2.87. The van der Waals surface area contributed by atoms with Crippen LogP contribution in [-0.4, -0.2) is 42.5 Å². The standard InChI is InChI=1S/C18H30O3S.Na.H/c1-3-5-6-7-8-9-10-11-16(4-2)17-12-14-18(15-13-17)22(19,20)21;;/h12-16H,3-11H2,1-2H3,(H,19,20,21);;. The molecule has 3 nitrogen and oxygen atoms in total. The molecule has 0 bridgehead atoms. The topological polar surface area (TPSA) is 54.4 Å². The molecule has 0 aliphatic rings. The van der Waals surface area contributed by atoms with Gasteiger partial charge in [-0.25, -0.2) is 0 Å². The van der Waals surface area contributed by atoms with Crippen molar-refractivity contribution in [2.45, 2.75) is 82.4 Å². The van der Waals surface area contributed by atoms with Gasteiger partial charge in [-0.05, 0) is 36.5 Å². The number of benzene rings is 1. The molecule has 0 aromatic heterocycles. The zero-order valence-electron chi connectivity index (χ0n) is 13.9. The van der Waals surface area contributed by atoms with Crippen LogP contribution in [0.2, 0.25) is 0 Å². The van der Waals surface area contributed by atoms with E-state index in [9.17, 15) is 8.42 Å². The van der Waals surface area contributed by atoms with E-state index in [-0.39, 0.29) is 34.5 Å². The molecule has 128 valence electrons. The van der Waals surface area contributed by atoms with Gasteiger partial charge in [0.1, 0.15) is 0 Å². The molecule has 0 saturated carbocycles. The van der Waals surface area contributed by atoms with Crippen LogP contribution in [0.1, 0.15) is 83.1 Å². The van der Waals surface area contributed by atoms with Gasteiger partial charge in [-0.1, -0.05) is 70.9 Å². The average Bonchev–Trinajstić information content (AvgIpc) is 2.49. The van der Waals surface area contributed by atoms with Gasteiger partial charge in [0.15, 0.2) is 0 Å². The molecule has 1 aromatic carbocycles. The van der Waals surface area contributed by atoms with Crippen LogP contribution in [0.3, 0.4) is 0 Å². The van der Waals surface area contributed by atoms with Gasteiger partial charge in [-0.3, -0.25) is 4.55 Å². The van der Waals surface area contributed by atoms with Crippen LogP contribution in [0.25, 0.3) is 0 Å². The summed E-state index contributed by atoms with van der Waals surface area (Å²) < 4.78 is 31.1. The van der Waals surface area contributed by atoms with E-state index in [1.807, 2.05) is 12.1 Å². The molecule has 1 N–H and O–H groups in total. The quantitative estimate of drug-likeness (QED) is 0.350. The Hall–Kier alpha value is 0.130. The van der Waals surface area contributed by atoms with Crippen molar-refractivity contribution in [2.24, 2.45) is 0 Å².